The number of hydrogen-bond acceptors (Lipinski definition) is 3. The Hall–Kier alpha value is -3.86. The first-order valence-corrected chi connectivity index (χ1v) is 10.9. The van der Waals surface area contributed by atoms with Crippen molar-refractivity contribution in [3.8, 4) is 17.2 Å². The van der Waals surface area contributed by atoms with Crippen molar-refractivity contribution in [1.29, 1.82) is 0 Å². The fourth-order valence-electron chi connectivity index (χ4n) is 4.85. The van der Waals surface area contributed by atoms with Crippen LogP contribution in [0.25, 0.3) is 21.8 Å². The number of phenolic OH excluding ortho intramolecular Hbond substituents is 3. The molecule has 5 aromatic rings. The van der Waals surface area contributed by atoms with Crippen molar-refractivity contribution in [2.75, 3.05) is 0 Å². The summed E-state index contributed by atoms with van der Waals surface area (Å²) in [5, 5.41) is 33.4. The summed E-state index contributed by atoms with van der Waals surface area (Å²) in [6.07, 6.45) is 4.27. The number of fused-ring (bicyclic) bond motifs is 2. The molecule has 0 atom stereocenters. The fraction of sp³-hybridized carbons (Fsp3) is 0.185. The third kappa shape index (κ3) is 2.93. The number of nitrogens with zero attached hydrogens (tertiary/aromatic N) is 2. The van der Waals surface area contributed by atoms with Gasteiger partial charge in [-0.25, -0.2) is 0 Å². The summed E-state index contributed by atoms with van der Waals surface area (Å²) < 4.78 is 4.40. The van der Waals surface area contributed by atoms with Gasteiger partial charge in [-0.3, -0.25) is 0 Å². The van der Waals surface area contributed by atoms with Crippen LogP contribution in [0.1, 0.15) is 36.5 Å². The minimum atomic E-state index is -0.494. The van der Waals surface area contributed by atoms with E-state index in [9.17, 15) is 15.3 Å². The molecule has 0 radical (unpaired) electrons. The van der Waals surface area contributed by atoms with E-state index in [1.165, 1.54) is 6.07 Å². The van der Waals surface area contributed by atoms with Crippen LogP contribution >= 0.6 is 0 Å². The van der Waals surface area contributed by atoms with E-state index < -0.39 is 5.75 Å². The van der Waals surface area contributed by atoms with Crippen molar-refractivity contribution < 1.29 is 15.3 Å². The highest BCUT2D eigenvalue weighted by Gasteiger charge is 2.28. The van der Waals surface area contributed by atoms with Crippen molar-refractivity contribution in [1.82, 2.24) is 9.13 Å². The van der Waals surface area contributed by atoms with Crippen molar-refractivity contribution in [3.05, 3.63) is 89.7 Å². The second-order valence-corrected chi connectivity index (χ2v) is 8.08. The van der Waals surface area contributed by atoms with E-state index >= 15 is 0 Å². The molecule has 2 heterocycles. The molecular weight excluding hydrogens is 400 g/mol. The van der Waals surface area contributed by atoms with Crippen LogP contribution in [0.15, 0.2) is 73.1 Å². The summed E-state index contributed by atoms with van der Waals surface area (Å²) in [6, 6.07) is 19.6. The first-order valence-electron chi connectivity index (χ1n) is 10.9. The van der Waals surface area contributed by atoms with Gasteiger partial charge in [0.25, 0.3) is 0 Å². The minimum absolute atomic E-state index is 0.295. The quantitative estimate of drug-likeness (QED) is 0.305. The molecule has 2 aromatic heterocycles. The molecule has 0 amide bonds. The van der Waals surface area contributed by atoms with E-state index in [1.807, 2.05) is 24.3 Å². The average Bonchev–Trinajstić information content (AvgIpc) is 3.38. The summed E-state index contributed by atoms with van der Waals surface area (Å²) in [5.41, 5.74) is 4.88. The van der Waals surface area contributed by atoms with Crippen LogP contribution in [-0.4, -0.2) is 24.5 Å². The Morgan fingerprint density at radius 2 is 1.12 bits per heavy atom. The van der Waals surface area contributed by atoms with Crippen LogP contribution in [0.5, 0.6) is 17.2 Å². The zero-order chi connectivity index (χ0) is 22.4. The lowest BCUT2D eigenvalue weighted by Gasteiger charge is -2.19. The molecule has 0 aliphatic rings. The highest BCUT2D eigenvalue weighted by Crippen LogP contribution is 2.47. The largest absolute Gasteiger partial charge is 0.504 e. The van der Waals surface area contributed by atoms with Gasteiger partial charge in [-0.15, -0.1) is 0 Å². The van der Waals surface area contributed by atoms with E-state index in [0.29, 0.717) is 5.56 Å². The smallest absolute Gasteiger partial charge is 0.200 e. The Labute approximate surface area is 186 Å². The molecule has 3 N–H and O–H groups in total. The fourth-order valence-corrected chi connectivity index (χ4v) is 4.85. The second-order valence-electron chi connectivity index (χ2n) is 8.08. The lowest BCUT2D eigenvalue weighted by Crippen LogP contribution is -2.04. The number of aromatic nitrogens is 2. The maximum Gasteiger partial charge on any atom is 0.200 e. The minimum Gasteiger partial charge on any atom is -0.504 e. The maximum absolute atomic E-state index is 10.9. The molecule has 0 spiro atoms. The lowest BCUT2D eigenvalue weighted by atomic mass is 9.84. The highest BCUT2D eigenvalue weighted by molar-refractivity contribution is 5.90. The van der Waals surface area contributed by atoms with Gasteiger partial charge in [0.15, 0.2) is 11.5 Å². The molecular formula is C27H26N2O3. The Kier molecular flexibility index (Phi) is 4.82. The van der Waals surface area contributed by atoms with Crippen LogP contribution in [0.3, 0.4) is 0 Å². The molecule has 5 heteroatoms. The standard InChI is InChI=1S/C27H26N2O3/c1-3-28-15-20(17-9-5-7-11-22(17)28)25(19-13-14-24(30)27(32)26(19)31)21-16-29(4-2)23-12-8-6-10-18(21)23/h5-16,25,30-32H,3-4H2,1-2H3. The number of benzene rings is 3. The van der Waals surface area contributed by atoms with Gasteiger partial charge in [-0.05, 0) is 43.2 Å². The number of para-hydroxylation sites is 2. The van der Waals surface area contributed by atoms with Gasteiger partial charge >= 0.3 is 0 Å². The molecule has 3 aromatic carbocycles. The molecule has 32 heavy (non-hydrogen) atoms. The number of aryl methyl sites for hydroxylation is 2. The summed E-state index contributed by atoms with van der Waals surface area (Å²) in [7, 11) is 0. The van der Waals surface area contributed by atoms with Gasteiger partial charge in [-0.1, -0.05) is 42.5 Å². The van der Waals surface area contributed by atoms with Crippen molar-refractivity contribution in [2.45, 2.75) is 32.9 Å². The summed E-state index contributed by atoms with van der Waals surface area (Å²) in [5.74, 6) is -1.46. The average molecular weight is 427 g/mol. The normalized spacial score (nSPS) is 11.7. The SMILES string of the molecule is CCn1cc(C(c2ccc(O)c(O)c2O)c2cn(CC)c3ccccc23)c2ccccc21. The van der Waals surface area contributed by atoms with Crippen molar-refractivity contribution >= 4 is 21.8 Å². The summed E-state index contributed by atoms with van der Waals surface area (Å²) in [4.78, 5) is 0. The molecule has 0 aliphatic carbocycles. The van der Waals surface area contributed by atoms with Gasteiger partial charge in [0.2, 0.25) is 5.75 Å². The van der Waals surface area contributed by atoms with Crippen LogP contribution in [0.4, 0.5) is 0 Å². The van der Waals surface area contributed by atoms with E-state index in [1.54, 1.807) is 6.07 Å². The number of rotatable bonds is 5. The van der Waals surface area contributed by atoms with Crippen LogP contribution in [0, 0.1) is 0 Å². The Balaban J connectivity index is 1.89. The predicted molar refractivity (Wildman–Crippen MR) is 128 cm³/mol. The number of phenols is 3. The van der Waals surface area contributed by atoms with E-state index in [0.717, 1.165) is 46.0 Å². The molecule has 0 saturated carbocycles. The van der Waals surface area contributed by atoms with E-state index in [2.05, 4.69) is 59.6 Å². The van der Waals surface area contributed by atoms with Crippen molar-refractivity contribution in [2.24, 2.45) is 0 Å². The van der Waals surface area contributed by atoms with Gasteiger partial charge in [0.1, 0.15) is 0 Å². The van der Waals surface area contributed by atoms with Crippen LogP contribution in [-0.2, 0) is 13.1 Å². The van der Waals surface area contributed by atoms with Gasteiger partial charge in [0, 0.05) is 58.8 Å². The topological polar surface area (TPSA) is 70.6 Å². The van der Waals surface area contributed by atoms with Crippen LogP contribution < -0.4 is 0 Å². The first-order chi connectivity index (χ1) is 15.5. The number of aromatic hydroxyl groups is 3. The maximum atomic E-state index is 10.9. The van der Waals surface area contributed by atoms with E-state index in [4.69, 9.17) is 0 Å². The van der Waals surface area contributed by atoms with Crippen LogP contribution in [0.2, 0.25) is 0 Å². The highest BCUT2D eigenvalue weighted by atomic mass is 16.3. The third-order valence-corrected chi connectivity index (χ3v) is 6.41. The van der Waals surface area contributed by atoms with Crippen molar-refractivity contribution in [3.63, 3.8) is 0 Å². The van der Waals surface area contributed by atoms with Gasteiger partial charge < -0.3 is 24.5 Å². The van der Waals surface area contributed by atoms with E-state index in [-0.39, 0.29) is 17.4 Å². The number of hydrogen-bond donors (Lipinski definition) is 3. The molecule has 5 rings (SSSR count). The monoisotopic (exact) mass is 426 g/mol. The summed E-state index contributed by atoms with van der Waals surface area (Å²) >= 11 is 0. The zero-order valence-corrected chi connectivity index (χ0v) is 18.2. The Bertz CT molecular complexity index is 1360. The van der Waals surface area contributed by atoms with Gasteiger partial charge in [-0.2, -0.15) is 0 Å². The predicted octanol–water partition coefficient (Wildman–Crippen LogP) is 5.93. The summed E-state index contributed by atoms with van der Waals surface area (Å²) in [6.45, 7) is 5.85. The first kappa shape index (κ1) is 20.1. The Morgan fingerprint density at radius 3 is 1.62 bits per heavy atom. The Morgan fingerprint density at radius 1 is 0.625 bits per heavy atom. The zero-order valence-electron chi connectivity index (χ0n) is 18.2. The molecule has 0 unspecified atom stereocenters. The lowest BCUT2D eigenvalue weighted by molar-refractivity contribution is 0.364. The molecule has 0 bridgehead atoms. The second kappa shape index (κ2) is 7.68. The molecule has 0 fully saturated rings. The van der Waals surface area contributed by atoms with Gasteiger partial charge in [0.05, 0.1) is 0 Å². The molecule has 162 valence electrons. The molecule has 5 nitrogen and oxygen atoms in total. The molecule has 0 aliphatic heterocycles. The molecule has 0 saturated heterocycles. The third-order valence-electron chi connectivity index (χ3n) is 6.41.